The highest BCUT2D eigenvalue weighted by molar-refractivity contribution is 4.77. The Balaban J connectivity index is 2.15. The third kappa shape index (κ3) is 5.28. The Bertz CT molecular complexity index is 165. The van der Waals surface area contributed by atoms with Crippen LogP contribution in [0.5, 0.6) is 0 Å². The van der Waals surface area contributed by atoms with E-state index in [4.69, 9.17) is 0 Å². The number of hydrogen-bond donors (Lipinski definition) is 1. The molecule has 1 heterocycles. The maximum Gasteiger partial charge on any atom is 0.0148 e. The Hall–Kier alpha value is -0.120. The zero-order valence-corrected chi connectivity index (χ0v) is 11.2. The summed E-state index contributed by atoms with van der Waals surface area (Å²) in [5.74, 6) is 0. The zero-order chi connectivity index (χ0) is 11.8. The van der Waals surface area contributed by atoms with Gasteiger partial charge in [0.1, 0.15) is 0 Å². The van der Waals surface area contributed by atoms with Crippen LogP contribution in [0.4, 0.5) is 0 Å². The smallest absolute Gasteiger partial charge is 0.0148 e. The minimum atomic E-state index is 0.614. The summed E-state index contributed by atoms with van der Waals surface area (Å²) in [6, 6.07) is 1.41. The van der Waals surface area contributed by atoms with Crippen molar-refractivity contribution in [2.45, 2.75) is 52.1 Å². The normalized spacial score (nSPS) is 18.6. The summed E-state index contributed by atoms with van der Waals surface area (Å²) in [4.78, 5) is 2.64. The van der Waals surface area contributed by atoms with E-state index in [0.717, 1.165) is 25.7 Å². The largest absolute Gasteiger partial charge is 0.314 e. The number of nitrogens with zero attached hydrogens (tertiary/aromatic N) is 2. The minimum absolute atomic E-state index is 0.614. The molecule has 1 N–H and O–H groups in total. The molecular weight excluding hydrogens is 198 g/mol. The lowest BCUT2D eigenvalue weighted by molar-refractivity contribution is 0.166. The molecule has 0 aromatic rings. The second-order valence-corrected chi connectivity index (χ2v) is 4.99. The molecule has 16 heavy (non-hydrogen) atoms. The van der Waals surface area contributed by atoms with Crippen molar-refractivity contribution in [2.24, 2.45) is 0 Å². The van der Waals surface area contributed by atoms with Gasteiger partial charge in [0.2, 0.25) is 0 Å². The first-order valence-electron chi connectivity index (χ1n) is 6.84. The van der Waals surface area contributed by atoms with Crippen molar-refractivity contribution in [3.05, 3.63) is 0 Å². The predicted molar refractivity (Wildman–Crippen MR) is 69.9 cm³/mol. The molecule has 3 nitrogen and oxygen atoms in total. The van der Waals surface area contributed by atoms with E-state index in [1.54, 1.807) is 0 Å². The summed E-state index contributed by atoms with van der Waals surface area (Å²) in [7, 11) is 0. The predicted octanol–water partition coefficient (Wildman–Crippen LogP) is 1.46. The molecule has 0 aromatic carbocycles. The quantitative estimate of drug-likeness (QED) is 0.666. The van der Waals surface area contributed by atoms with Gasteiger partial charge in [-0.25, -0.2) is 5.32 Å². The van der Waals surface area contributed by atoms with E-state index in [2.05, 4.69) is 36.3 Å². The van der Waals surface area contributed by atoms with Crippen LogP contribution in [0.1, 0.15) is 40.0 Å². The third-order valence-corrected chi connectivity index (χ3v) is 3.34. The van der Waals surface area contributed by atoms with Crippen LogP contribution in [-0.2, 0) is 0 Å². The first-order chi connectivity index (χ1) is 7.74. The molecule has 0 amide bonds. The lowest BCUT2D eigenvalue weighted by Crippen LogP contribution is -2.42. The van der Waals surface area contributed by atoms with Crippen molar-refractivity contribution in [3.8, 4) is 0 Å². The number of piperidine rings is 1. The second kappa shape index (κ2) is 8.04. The standard InChI is InChI=1S/C13H28N3/c1-4-16(11-5-8-15-12(2)3)13-6-9-14-10-7-13/h12-13,15H,4-11H2,1-3H3. The summed E-state index contributed by atoms with van der Waals surface area (Å²) in [5, 5.41) is 7.91. The van der Waals surface area contributed by atoms with Crippen molar-refractivity contribution in [2.75, 3.05) is 32.7 Å². The fraction of sp³-hybridized carbons (Fsp3) is 1.00. The summed E-state index contributed by atoms with van der Waals surface area (Å²) in [5.41, 5.74) is 0. The molecule has 1 aliphatic rings. The molecule has 0 aliphatic carbocycles. The van der Waals surface area contributed by atoms with Crippen LogP contribution in [0, 0.1) is 0 Å². The Morgan fingerprint density at radius 3 is 2.56 bits per heavy atom. The summed E-state index contributed by atoms with van der Waals surface area (Å²) in [6.45, 7) is 12.4. The fourth-order valence-electron chi connectivity index (χ4n) is 2.37. The molecule has 95 valence electrons. The van der Waals surface area contributed by atoms with Crippen molar-refractivity contribution >= 4 is 0 Å². The molecular formula is C13H28N3. The molecule has 1 radical (unpaired) electrons. The lowest BCUT2D eigenvalue weighted by atomic mass is 10.0. The van der Waals surface area contributed by atoms with Crippen LogP contribution in [0.2, 0.25) is 0 Å². The van der Waals surface area contributed by atoms with Gasteiger partial charge in [-0.3, -0.25) is 0 Å². The van der Waals surface area contributed by atoms with Gasteiger partial charge in [-0.2, -0.15) is 0 Å². The van der Waals surface area contributed by atoms with Crippen molar-refractivity contribution in [3.63, 3.8) is 0 Å². The van der Waals surface area contributed by atoms with Gasteiger partial charge in [-0.05, 0) is 38.9 Å². The molecule has 1 rings (SSSR count). The minimum Gasteiger partial charge on any atom is -0.314 e. The maximum absolute atomic E-state index is 4.42. The first kappa shape index (κ1) is 13.9. The number of nitrogens with one attached hydrogen (secondary N) is 1. The van der Waals surface area contributed by atoms with Crippen LogP contribution >= 0.6 is 0 Å². The van der Waals surface area contributed by atoms with Crippen LogP contribution in [0.15, 0.2) is 0 Å². The Morgan fingerprint density at radius 2 is 2.00 bits per heavy atom. The van der Waals surface area contributed by atoms with Crippen LogP contribution < -0.4 is 10.6 Å². The van der Waals surface area contributed by atoms with E-state index in [0.29, 0.717) is 6.04 Å². The van der Waals surface area contributed by atoms with Gasteiger partial charge < -0.3 is 10.2 Å². The van der Waals surface area contributed by atoms with Crippen LogP contribution in [0.3, 0.4) is 0 Å². The highest BCUT2D eigenvalue weighted by Gasteiger charge is 2.19. The summed E-state index contributed by atoms with van der Waals surface area (Å²) in [6.07, 6.45) is 3.80. The highest BCUT2D eigenvalue weighted by Crippen LogP contribution is 2.12. The van der Waals surface area contributed by atoms with Gasteiger partial charge >= 0.3 is 0 Å². The van der Waals surface area contributed by atoms with E-state index in [1.807, 2.05) is 0 Å². The second-order valence-electron chi connectivity index (χ2n) is 4.99. The van der Waals surface area contributed by atoms with Gasteiger partial charge in [0.15, 0.2) is 0 Å². The Kier molecular flexibility index (Phi) is 7.01. The molecule has 0 bridgehead atoms. The Morgan fingerprint density at radius 1 is 1.31 bits per heavy atom. The maximum atomic E-state index is 4.42. The third-order valence-electron chi connectivity index (χ3n) is 3.34. The monoisotopic (exact) mass is 226 g/mol. The van der Waals surface area contributed by atoms with E-state index in [-0.39, 0.29) is 0 Å². The first-order valence-corrected chi connectivity index (χ1v) is 6.84. The van der Waals surface area contributed by atoms with Gasteiger partial charge in [0.25, 0.3) is 0 Å². The van der Waals surface area contributed by atoms with Gasteiger partial charge in [0.05, 0.1) is 0 Å². The number of hydrogen-bond acceptors (Lipinski definition) is 2. The molecule has 0 unspecified atom stereocenters. The SMILES string of the molecule is CCN(CCCNC(C)C)C1CC[N]CC1. The van der Waals surface area contributed by atoms with Gasteiger partial charge in [-0.15, -0.1) is 0 Å². The van der Waals surface area contributed by atoms with E-state index >= 15 is 0 Å². The average molecular weight is 226 g/mol. The van der Waals surface area contributed by atoms with Crippen molar-refractivity contribution in [1.29, 1.82) is 0 Å². The van der Waals surface area contributed by atoms with Crippen molar-refractivity contribution in [1.82, 2.24) is 15.5 Å². The molecule has 1 aliphatic heterocycles. The van der Waals surface area contributed by atoms with Gasteiger partial charge in [-0.1, -0.05) is 20.8 Å². The molecule has 3 heteroatoms. The molecule has 0 atom stereocenters. The average Bonchev–Trinajstić information content (AvgIpc) is 2.30. The molecule has 0 aromatic heterocycles. The number of rotatable bonds is 7. The lowest BCUT2D eigenvalue weighted by Gasteiger charge is -2.33. The molecule has 0 spiro atoms. The molecule has 0 saturated carbocycles. The van der Waals surface area contributed by atoms with E-state index in [9.17, 15) is 0 Å². The topological polar surface area (TPSA) is 29.4 Å². The van der Waals surface area contributed by atoms with Crippen molar-refractivity contribution < 1.29 is 0 Å². The fourth-order valence-corrected chi connectivity index (χ4v) is 2.37. The Labute approximate surface area is 101 Å². The van der Waals surface area contributed by atoms with E-state index in [1.165, 1.54) is 32.4 Å². The van der Waals surface area contributed by atoms with E-state index < -0.39 is 0 Å². The molecule has 1 fully saturated rings. The zero-order valence-electron chi connectivity index (χ0n) is 11.2. The van der Waals surface area contributed by atoms with Crippen LogP contribution in [0.25, 0.3) is 0 Å². The summed E-state index contributed by atoms with van der Waals surface area (Å²) < 4.78 is 0. The highest BCUT2D eigenvalue weighted by atomic mass is 15.2. The summed E-state index contributed by atoms with van der Waals surface area (Å²) >= 11 is 0. The van der Waals surface area contributed by atoms with Crippen LogP contribution in [-0.4, -0.2) is 49.7 Å². The van der Waals surface area contributed by atoms with Gasteiger partial charge in [0, 0.05) is 25.2 Å². The molecule has 1 saturated heterocycles.